The molecule has 106 valence electrons. The minimum absolute atomic E-state index is 0.101. The third-order valence-corrected chi connectivity index (χ3v) is 3.24. The van der Waals surface area contributed by atoms with E-state index in [0.29, 0.717) is 0 Å². The molecule has 0 aromatic heterocycles. The molecule has 1 rings (SSSR count). The van der Waals surface area contributed by atoms with Crippen LogP contribution < -0.4 is 5.32 Å². The van der Waals surface area contributed by atoms with Gasteiger partial charge in [0.25, 0.3) is 9.05 Å². The molecule has 0 saturated carbocycles. The molecule has 0 aliphatic carbocycles. The molecule has 0 radical (unpaired) electrons. The topological polar surface area (TPSA) is 92.7 Å². The van der Waals surface area contributed by atoms with Gasteiger partial charge in [-0.05, 0) is 39.0 Å². The van der Waals surface area contributed by atoms with Crippen molar-refractivity contribution in [2.75, 3.05) is 5.32 Å². The smallest absolute Gasteiger partial charge is 0.412 e. The van der Waals surface area contributed by atoms with Crippen molar-refractivity contribution < 1.29 is 23.1 Å². The number of benzene rings is 1. The molecule has 0 aliphatic heterocycles. The van der Waals surface area contributed by atoms with Crippen LogP contribution in [0.3, 0.4) is 0 Å². The number of phenols is 1. The first-order chi connectivity index (χ1) is 8.49. The highest BCUT2D eigenvalue weighted by molar-refractivity contribution is 8.13. The maximum atomic E-state index is 11.5. The maximum Gasteiger partial charge on any atom is 0.412 e. The van der Waals surface area contributed by atoms with E-state index in [4.69, 9.17) is 15.4 Å². The minimum Gasteiger partial charge on any atom is -0.506 e. The molecule has 1 amide bonds. The zero-order chi connectivity index (χ0) is 14.8. The summed E-state index contributed by atoms with van der Waals surface area (Å²) in [7, 11) is 1.23. The van der Waals surface area contributed by atoms with Gasteiger partial charge in [0.1, 0.15) is 11.4 Å². The van der Waals surface area contributed by atoms with Gasteiger partial charge in [-0.25, -0.2) is 13.2 Å². The second kappa shape index (κ2) is 5.26. The summed E-state index contributed by atoms with van der Waals surface area (Å²) >= 11 is 0. The third-order valence-electron chi connectivity index (χ3n) is 1.89. The lowest BCUT2D eigenvalue weighted by Crippen LogP contribution is -2.27. The van der Waals surface area contributed by atoms with Crippen molar-refractivity contribution in [2.24, 2.45) is 0 Å². The molecule has 0 aliphatic rings. The van der Waals surface area contributed by atoms with E-state index in [-0.39, 0.29) is 16.3 Å². The normalized spacial score (nSPS) is 12.0. The Labute approximate surface area is 115 Å². The van der Waals surface area contributed by atoms with Gasteiger partial charge >= 0.3 is 6.09 Å². The molecule has 0 spiro atoms. The lowest BCUT2D eigenvalue weighted by atomic mass is 10.2. The summed E-state index contributed by atoms with van der Waals surface area (Å²) in [5, 5.41) is 11.8. The Morgan fingerprint density at radius 1 is 1.37 bits per heavy atom. The van der Waals surface area contributed by atoms with E-state index in [1.807, 2.05) is 0 Å². The van der Waals surface area contributed by atoms with Crippen molar-refractivity contribution in [2.45, 2.75) is 31.3 Å². The Kier molecular flexibility index (Phi) is 4.32. The van der Waals surface area contributed by atoms with Gasteiger partial charge in [0.15, 0.2) is 0 Å². The van der Waals surface area contributed by atoms with Crippen molar-refractivity contribution in [1.82, 2.24) is 0 Å². The molecule has 0 unspecified atom stereocenters. The lowest BCUT2D eigenvalue weighted by molar-refractivity contribution is 0.0635. The molecule has 0 heterocycles. The number of carbonyl (C=O) groups is 1. The second-order valence-electron chi connectivity index (χ2n) is 4.74. The van der Waals surface area contributed by atoms with E-state index in [9.17, 15) is 18.3 Å². The predicted molar refractivity (Wildman–Crippen MR) is 71.0 cm³/mol. The number of anilines is 1. The Morgan fingerprint density at radius 2 is 1.95 bits per heavy atom. The monoisotopic (exact) mass is 307 g/mol. The fourth-order valence-electron chi connectivity index (χ4n) is 1.18. The van der Waals surface area contributed by atoms with Crippen molar-refractivity contribution in [3.63, 3.8) is 0 Å². The van der Waals surface area contributed by atoms with Crippen LogP contribution in [0.1, 0.15) is 20.8 Å². The van der Waals surface area contributed by atoms with Gasteiger partial charge in [-0.2, -0.15) is 0 Å². The van der Waals surface area contributed by atoms with Crippen LogP contribution in [0, 0.1) is 0 Å². The fraction of sp³-hybridized carbons (Fsp3) is 0.364. The van der Waals surface area contributed by atoms with Gasteiger partial charge in [-0.3, -0.25) is 5.32 Å². The molecule has 6 nitrogen and oxygen atoms in total. The molecule has 19 heavy (non-hydrogen) atoms. The van der Waals surface area contributed by atoms with Crippen LogP contribution in [0.2, 0.25) is 0 Å². The van der Waals surface area contributed by atoms with E-state index in [0.717, 1.165) is 18.2 Å². The number of phenolic OH excluding ortho intramolecular Hbond substituents is 1. The van der Waals surface area contributed by atoms with E-state index in [2.05, 4.69) is 5.32 Å². The van der Waals surface area contributed by atoms with E-state index in [1.165, 1.54) is 0 Å². The van der Waals surface area contributed by atoms with Crippen molar-refractivity contribution in [3.8, 4) is 5.75 Å². The Bertz CT molecular complexity index is 592. The average molecular weight is 308 g/mol. The molecule has 1 aromatic carbocycles. The van der Waals surface area contributed by atoms with Crippen LogP contribution in [0.25, 0.3) is 0 Å². The number of hydrogen-bond donors (Lipinski definition) is 2. The molecule has 0 bridgehead atoms. The SMILES string of the molecule is CC(C)(C)OC(=O)Nc1cc(S(=O)(=O)Cl)ccc1O. The highest BCUT2D eigenvalue weighted by atomic mass is 35.7. The Hall–Kier alpha value is -1.47. The molecular weight excluding hydrogens is 294 g/mol. The van der Waals surface area contributed by atoms with Crippen LogP contribution in [-0.2, 0) is 13.8 Å². The Morgan fingerprint density at radius 3 is 2.42 bits per heavy atom. The molecule has 1 aromatic rings. The van der Waals surface area contributed by atoms with Crippen LogP contribution in [0.4, 0.5) is 10.5 Å². The predicted octanol–water partition coefficient (Wildman–Crippen LogP) is 2.67. The lowest BCUT2D eigenvalue weighted by Gasteiger charge is -2.20. The molecule has 0 fully saturated rings. The van der Waals surface area contributed by atoms with Crippen LogP contribution in [0.15, 0.2) is 23.1 Å². The van der Waals surface area contributed by atoms with E-state index < -0.39 is 20.7 Å². The number of halogens is 1. The van der Waals surface area contributed by atoms with Crippen LogP contribution in [-0.4, -0.2) is 25.2 Å². The average Bonchev–Trinajstić information content (AvgIpc) is 2.16. The fourth-order valence-corrected chi connectivity index (χ4v) is 1.96. The highest BCUT2D eigenvalue weighted by Gasteiger charge is 2.19. The maximum absolute atomic E-state index is 11.5. The number of ether oxygens (including phenoxy) is 1. The highest BCUT2D eigenvalue weighted by Crippen LogP contribution is 2.28. The molecular formula is C11H14ClNO5S. The molecule has 0 saturated heterocycles. The zero-order valence-corrected chi connectivity index (χ0v) is 12.2. The molecule has 8 heteroatoms. The summed E-state index contributed by atoms with van der Waals surface area (Å²) in [4.78, 5) is 11.3. The van der Waals surface area contributed by atoms with Gasteiger partial charge in [-0.1, -0.05) is 0 Å². The summed E-state index contributed by atoms with van der Waals surface area (Å²) in [6.07, 6.45) is -0.813. The van der Waals surface area contributed by atoms with Gasteiger partial charge in [-0.15, -0.1) is 0 Å². The second-order valence-corrected chi connectivity index (χ2v) is 7.31. The van der Waals surface area contributed by atoms with Crippen LogP contribution in [0.5, 0.6) is 5.75 Å². The van der Waals surface area contributed by atoms with Gasteiger partial charge in [0, 0.05) is 10.7 Å². The summed E-state index contributed by atoms with van der Waals surface area (Å²) in [5.74, 6) is -0.296. The first-order valence-corrected chi connectivity index (χ1v) is 7.58. The summed E-state index contributed by atoms with van der Waals surface area (Å²) < 4.78 is 27.3. The Balaban J connectivity index is 2.99. The van der Waals surface area contributed by atoms with E-state index in [1.54, 1.807) is 20.8 Å². The first-order valence-electron chi connectivity index (χ1n) is 5.27. The zero-order valence-electron chi connectivity index (χ0n) is 10.6. The minimum atomic E-state index is -3.94. The van der Waals surface area contributed by atoms with Crippen molar-refractivity contribution in [3.05, 3.63) is 18.2 Å². The quantitative estimate of drug-likeness (QED) is 0.647. The molecule has 2 N–H and O–H groups in total. The number of hydrogen-bond acceptors (Lipinski definition) is 5. The van der Waals surface area contributed by atoms with E-state index >= 15 is 0 Å². The number of rotatable bonds is 2. The first kappa shape index (κ1) is 15.6. The summed E-state index contributed by atoms with van der Waals surface area (Å²) in [6, 6.07) is 3.28. The molecule has 0 atom stereocenters. The number of aromatic hydroxyl groups is 1. The van der Waals surface area contributed by atoms with Gasteiger partial charge in [0.2, 0.25) is 0 Å². The number of amides is 1. The number of nitrogens with one attached hydrogen (secondary N) is 1. The van der Waals surface area contributed by atoms with Gasteiger partial charge in [0.05, 0.1) is 10.6 Å². The van der Waals surface area contributed by atoms with Crippen LogP contribution >= 0.6 is 10.7 Å². The summed E-state index contributed by atoms with van der Waals surface area (Å²) in [6.45, 7) is 5.02. The van der Waals surface area contributed by atoms with Crippen molar-refractivity contribution >= 4 is 31.5 Å². The summed E-state index contributed by atoms with van der Waals surface area (Å²) in [5.41, 5.74) is -0.813. The van der Waals surface area contributed by atoms with Gasteiger partial charge < -0.3 is 9.84 Å². The standard InChI is InChI=1S/C11H14ClNO5S/c1-11(2,3)18-10(15)13-8-6-7(19(12,16)17)4-5-9(8)14/h4-6,14H,1-3H3,(H,13,15). The largest absolute Gasteiger partial charge is 0.506 e. The number of carbonyl (C=O) groups excluding carboxylic acids is 1. The van der Waals surface area contributed by atoms with Crippen molar-refractivity contribution in [1.29, 1.82) is 0 Å². The third kappa shape index (κ3) is 4.96.